The molecule has 1 N–H and O–H groups in total. The fourth-order valence-electron chi connectivity index (χ4n) is 3.71. The van der Waals surface area contributed by atoms with Crippen LogP contribution in [-0.4, -0.2) is 48.3 Å². The summed E-state index contributed by atoms with van der Waals surface area (Å²) in [6.45, 7) is 4.21. The number of ether oxygens (including phenoxy) is 1. The van der Waals surface area contributed by atoms with E-state index in [-0.39, 0.29) is 18.7 Å². The van der Waals surface area contributed by atoms with Gasteiger partial charge in [-0.25, -0.2) is 0 Å². The number of carbonyl (C=O) groups excluding carboxylic acids is 1. The zero-order valence-corrected chi connectivity index (χ0v) is 14.6. The van der Waals surface area contributed by atoms with E-state index in [0.717, 1.165) is 17.7 Å². The minimum atomic E-state index is -0.758. The second-order valence-corrected chi connectivity index (χ2v) is 6.49. The standard InChI is InChI=1S/C21H25NO3/c1-2-22(13-14-23)16-19-15-21(20(24)25-19,17-9-5-3-6-10-17)18-11-7-4-8-12-18/h3-12,19,23H,2,13-16H2,1H3. The van der Waals surface area contributed by atoms with Crippen LogP contribution in [-0.2, 0) is 14.9 Å². The van der Waals surface area contributed by atoms with Crippen molar-refractivity contribution < 1.29 is 14.6 Å². The van der Waals surface area contributed by atoms with E-state index in [4.69, 9.17) is 4.74 Å². The van der Waals surface area contributed by atoms with Gasteiger partial charge in [-0.3, -0.25) is 9.69 Å². The number of likely N-dealkylation sites (N-methyl/N-ethyl adjacent to an activating group) is 1. The lowest BCUT2D eigenvalue weighted by Gasteiger charge is -2.27. The predicted molar refractivity (Wildman–Crippen MR) is 97.4 cm³/mol. The topological polar surface area (TPSA) is 49.8 Å². The molecule has 132 valence electrons. The SMILES string of the molecule is CCN(CCO)CC1CC(c2ccccc2)(c2ccccc2)C(=O)O1. The third-order valence-corrected chi connectivity index (χ3v) is 5.01. The van der Waals surface area contributed by atoms with Crippen molar-refractivity contribution in [1.29, 1.82) is 0 Å². The van der Waals surface area contributed by atoms with Crippen LogP contribution < -0.4 is 0 Å². The average Bonchev–Trinajstić information content (AvgIpc) is 2.99. The van der Waals surface area contributed by atoms with Crippen molar-refractivity contribution in [3.63, 3.8) is 0 Å². The van der Waals surface area contributed by atoms with Crippen molar-refractivity contribution in [2.45, 2.75) is 24.9 Å². The molecule has 1 aliphatic heterocycles. The number of hydrogen-bond donors (Lipinski definition) is 1. The monoisotopic (exact) mass is 339 g/mol. The van der Waals surface area contributed by atoms with Gasteiger partial charge in [-0.05, 0) is 17.7 Å². The third kappa shape index (κ3) is 3.46. The number of esters is 1. The first-order valence-electron chi connectivity index (χ1n) is 8.86. The lowest BCUT2D eigenvalue weighted by atomic mass is 9.72. The summed E-state index contributed by atoms with van der Waals surface area (Å²) in [7, 11) is 0. The maximum atomic E-state index is 13.0. The van der Waals surface area contributed by atoms with E-state index in [1.165, 1.54) is 0 Å². The molecule has 2 aromatic rings. The average molecular weight is 339 g/mol. The highest BCUT2D eigenvalue weighted by molar-refractivity contribution is 5.89. The molecule has 1 unspecified atom stereocenters. The molecule has 4 heteroatoms. The van der Waals surface area contributed by atoms with Gasteiger partial charge in [0.05, 0.1) is 6.61 Å². The molecule has 1 atom stereocenters. The smallest absolute Gasteiger partial charge is 0.321 e. The number of aliphatic hydroxyl groups is 1. The van der Waals surface area contributed by atoms with Gasteiger partial charge in [0.1, 0.15) is 11.5 Å². The summed E-state index contributed by atoms with van der Waals surface area (Å²) < 4.78 is 5.80. The van der Waals surface area contributed by atoms with Crippen molar-refractivity contribution in [2.75, 3.05) is 26.2 Å². The first-order chi connectivity index (χ1) is 12.2. The van der Waals surface area contributed by atoms with E-state index in [9.17, 15) is 9.90 Å². The third-order valence-electron chi connectivity index (χ3n) is 5.01. The minimum absolute atomic E-state index is 0.108. The molecule has 1 heterocycles. The number of rotatable bonds is 7. The molecule has 0 amide bonds. The molecule has 1 fully saturated rings. The summed E-state index contributed by atoms with van der Waals surface area (Å²) in [6.07, 6.45) is 0.432. The molecule has 4 nitrogen and oxygen atoms in total. The molecule has 3 rings (SSSR count). The van der Waals surface area contributed by atoms with Gasteiger partial charge < -0.3 is 9.84 Å². The van der Waals surface area contributed by atoms with Crippen LogP contribution in [0.5, 0.6) is 0 Å². The summed E-state index contributed by atoms with van der Waals surface area (Å²) >= 11 is 0. The number of benzene rings is 2. The Balaban J connectivity index is 1.95. The molecule has 25 heavy (non-hydrogen) atoms. The molecule has 1 aliphatic rings. The highest BCUT2D eigenvalue weighted by atomic mass is 16.6. The summed E-state index contributed by atoms with van der Waals surface area (Å²) in [4.78, 5) is 15.2. The van der Waals surface area contributed by atoms with Crippen LogP contribution >= 0.6 is 0 Å². The number of nitrogens with zero attached hydrogens (tertiary/aromatic N) is 1. The Bertz CT molecular complexity index is 647. The number of carbonyl (C=O) groups is 1. The fraction of sp³-hybridized carbons (Fsp3) is 0.381. The van der Waals surface area contributed by atoms with Crippen LogP contribution in [0.3, 0.4) is 0 Å². The normalized spacial score (nSPS) is 19.2. The van der Waals surface area contributed by atoms with E-state index < -0.39 is 5.41 Å². The molecule has 0 saturated carbocycles. The Kier molecular flexibility index (Phi) is 5.51. The molecule has 0 aliphatic carbocycles. The largest absolute Gasteiger partial charge is 0.460 e. The summed E-state index contributed by atoms with van der Waals surface area (Å²) in [6, 6.07) is 19.8. The number of hydrogen-bond acceptors (Lipinski definition) is 4. The summed E-state index contributed by atoms with van der Waals surface area (Å²) in [5.41, 5.74) is 1.18. The van der Waals surface area contributed by atoms with Gasteiger partial charge in [0.25, 0.3) is 0 Å². The fourth-order valence-corrected chi connectivity index (χ4v) is 3.71. The van der Waals surface area contributed by atoms with Gasteiger partial charge in [-0.15, -0.1) is 0 Å². The van der Waals surface area contributed by atoms with Crippen LogP contribution in [0.25, 0.3) is 0 Å². The van der Waals surface area contributed by atoms with E-state index in [0.29, 0.717) is 19.5 Å². The van der Waals surface area contributed by atoms with E-state index >= 15 is 0 Å². The Morgan fingerprint density at radius 1 is 1.08 bits per heavy atom. The quantitative estimate of drug-likeness (QED) is 0.788. The van der Waals surface area contributed by atoms with Crippen molar-refractivity contribution in [2.24, 2.45) is 0 Å². The maximum Gasteiger partial charge on any atom is 0.321 e. The van der Waals surface area contributed by atoms with Crippen molar-refractivity contribution >= 4 is 5.97 Å². The van der Waals surface area contributed by atoms with Gasteiger partial charge in [0.2, 0.25) is 0 Å². The van der Waals surface area contributed by atoms with E-state index in [1.54, 1.807) is 0 Å². The second-order valence-electron chi connectivity index (χ2n) is 6.49. The molecule has 0 bridgehead atoms. The molecule has 0 aromatic heterocycles. The molecular formula is C21H25NO3. The summed E-state index contributed by atoms with van der Waals surface area (Å²) in [5, 5.41) is 9.20. The van der Waals surface area contributed by atoms with E-state index in [2.05, 4.69) is 4.90 Å². The summed E-state index contributed by atoms with van der Waals surface area (Å²) in [5.74, 6) is -0.185. The lowest BCUT2D eigenvalue weighted by Crippen LogP contribution is -2.35. The second kappa shape index (κ2) is 7.81. The van der Waals surface area contributed by atoms with Gasteiger partial charge in [-0.2, -0.15) is 0 Å². The molecular weight excluding hydrogens is 314 g/mol. The van der Waals surface area contributed by atoms with Crippen molar-refractivity contribution in [3.8, 4) is 0 Å². The van der Waals surface area contributed by atoms with Crippen LogP contribution in [0, 0.1) is 0 Å². The Morgan fingerprint density at radius 3 is 2.12 bits per heavy atom. The predicted octanol–water partition coefficient (Wildman–Crippen LogP) is 2.60. The molecule has 2 aromatic carbocycles. The Morgan fingerprint density at radius 2 is 1.64 bits per heavy atom. The van der Waals surface area contributed by atoms with Crippen LogP contribution in [0.1, 0.15) is 24.5 Å². The first kappa shape index (κ1) is 17.6. The first-order valence-corrected chi connectivity index (χ1v) is 8.86. The Labute approximate surface area is 149 Å². The highest BCUT2D eigenvalue weighted by Crippen LogP contribution is 2.43. The zero-order chi connectivity index (χ0) is 17.7. The van der Waals surface area contributed by atoms with Gasteiger partial charge in [0.15, 0.2) is 0 Å². The van der Waals surface area contributed by atoms with Crippen LogP contribution in [0.2, 0.25) is 0 Å². The zero-order valence-electron chi connectivity index (χ0n) is 14.6. The van der Waals surface area contributed by atoms with Crippen molar-refractivity contribution in [3.05, 3.63) is 71.8 Å². The number of aliphatic hydroxyl groups excluding tert-OH is 1. The van der Waals surface area contributed by atoms with Gasteiger partial charge >= 0.3 is 5.97 Å². The minimum Gasteiger partial charge on any atom is -0.460 e. The van der Waals surface area contributed by atoms with Crippen molar-refractivity contribution in [1.82, 2.24) is 4.90 Å². The molecule has 0 radical (unpaired) electrons. The van der Waals surface area contributed by atoms with Gasteiger partial charge in [-0.1, -0.05) is 67.6 Å². The maximum absolute atomic E-state index is 13.0. The van der Waals surface area contributed by atoms with Crippen LogP contribution in [0.4, 0.5) is 0 Å². The Hall–Kier alpha value is -2.17. The highest BCUT2D eigenvalue weighted by Gasteiger charge is 2.51. The van der Waals surface area contributed by atoms with Gasteiger partial charge in [0, 0.05) is 19.5 Å². The molecule has 1 saturated heterocycles. The van der Waals surface area contributed by atoms with Crippen LogP contribution in [0.15, 0.2) is 60.7 Å². The molecule has 0 spiro atoms. The van der Waals surface area contributed by atoms with E-state index in [1.807, 2.05) is 67.6 Å². The number of cyclic esters (lactones) is 1. The lowest BCUT2D eigenvalue weighted by molar-refractivity contribution is -0.145.